The van der Waals surface area contributed by atoms with Crippen LogP contribution in [-0.4, -0.2) is 33.9 Å². The Balaban J connectivity index is 1.46. The number of benzene rings is 1. The van der Waals surface area contributed by atoms with Gasteiger partial charge >= 0.3 is 0 Å². The Labute approximate surface area is 145 Å². The van der Waals surface area contributed by atoms with Gasteiger partial charge in [0.1, 0.15) is 11.5 Å². The molecule has 1 aliphatic heterocycles. The van der Waals surface area contributed by atoms with Crippen LogP contribution in [0.4, 0.5) is 4.39 Å². The summed E-state index contributed by atoms with van der Waals surface area (Å²) in [4.78, 5) is 21.8. The van der Waals surface area contributed by atoms with E-state index in [2.05, 4.69) is 22.1 Å². The second-order valence-electron chi connectivity index (χ2n) is 6.22. The highest BCUT2D eigenvalue weighted by atomic mass is 19.1. The van der Waals surface area contributed by atoms with Gasteiger partial charge in [-0.2, -0.15) is 0 Å². The van der Waals surface area contributed by atoms with Crippen LogP contribution < -0.4 is 0 Å². The molecule has 1 N–H and O–H groups in total. The summed E-state index contributed by atoms with van der Waals surface area (Å²) in [6, 6.07) is 10.1. The number of halogens is 1. The van der Waals surface area contributed by atoms with E-state index < -0.39 is 0 Å². The van der Waals surface area contributed by atoms with Gasteiger partial charge in [0, 0.05) is 36.4 Å². The predicted molar refractivity (Wildman–Crippen MR) is 95.4 cm³/mol. The molecule has 1 amide bonds. The third kappa shape index (κ3) is 3.18. The van der Waals surface area contributed by atoms with Crippen molar-refractivity contribution in [2.45, 2.75) is 12.8 Å². The molecule has 4 nitrogen and oxygen atoms in total. The van der Waals surface area contributed by atoms with E-state index in [1.165, 1.54) is 17.7 Å². The lowest BCUT2D eigenvalue weighted by Gasteiger charge is -2.26. The number of hydrogen-bond acceptors (Lipinski definition) is 2. The van der Waals surface area contributed by atoms with Crippen LogP contribution in [0.25, 0.3) is 16.6 Å². The van der Waals surface area contributed by atoms with Crippen LogP contribution in [0.1, 0.15) is 17.5 Å². The Morgan fingerprint density at radius 3 is 2.84 bits per heavy atom. The number of H-pyrrole nitrogens is 1. The molecule has 1 aromatic carbocycles. The number of aromatic amines is 1. The standard InChI is InChI=1S/C20H18FN3O/c21-16-5-3-14(4-6-16)12-19(25)24-10-7-15(8-11-24)18-13-23-20-17(18)2-1-9-22-20/h1-7,9,13H,8,10-12H2,(H,22,23). The third-order valence-corrected chi connectivity index (χ3v) is 4.63. The summed E-state index contributed by atoms with van der Waals surface area (Å²) in [6.45, 7) is 1.29. The quantitative estimate of drug-likeness (QED) is 0.795. The third-order valence-electron chi connectivity index (χ3n) is 4.63. The first-order valence-electron chi connectivity index (χ1n) is 8.34. The highest BCUT2D eigenvalue weighted by molar-refractivity contribution is 5.91. The van der Waals surface area contributed by atoms with Crippen LogP contribution in [0.2, 0.25) is 0 Å². The molecule has 5 heteroatoms. The van der Waals surface area contributed by atoms with E-state index in [1.54, 1.807) is 18.3 Å². The Hall–Kier alpha value is -2.95. The van der Waals surface area contributed by atoms with Crippen molar-refractivity contribution in [2.75, 3.05) is 13.1 Å². The lowest BCUT2D eigenvalue weighted by atomic mass is 9.99. The fourth-order valence-electron chi connectivity index (χ4n) is 3.25. The Kier molecular flexibility index (Phi) is 4.06. The van der Waals surface area contributed by atoms with Crippen molar-refractivity contribution in [3.8, 4) is 0 Å². The van der Waals surface area contributed by atoms with Crippen LogP contribution in [0.3, 0.4) is 0 Å². The molecule has 126 valence electrons. The number of aromatic nitrogens is 2. The molecule has 0 atom stereocenters. The fraction of sp³-hybridized carbons (Fsp3) is 0.200. The van der Waals surface area contributed by atoms with Gasteiger partial charge in [-0.05, 0) is 41.8 Å². The highest BCUT2D eigenvalue weighted by Gasteiger charge is 2.19. The lowest BCUT2D eigenvalue weighted by Crippen LogP contribution is -2.35. The number of amides is 1. The van der Waals surface area contributed by atoms with Crippen LogP contribution >= 0.6 is 0 Å². The molecule has 0 unspecified atom stereocenters. The smallest absolute Gasteiger partial charge is 0.227 e. The van der Waals surface area contributed by atoms with Gasteiger partial charge in [-0.15, -0.1) is 0 Å². The van der Waals surface area contributed by atoms with E-state index in [-0.39, 0.29) is 11.7 Å². The molecule has 0 aliphatic carbocycles. The summed E-state index contributed by atoms with van der Waals surface area (Å²) >= 11 is 0. The summed E-state index contributed by atoms with van der Waals surface area (Å²) in [5.41, 5.74) is 4.12. The average molecular weight is 335 g/mol. The maximum atomic E-state index is 13.0. The number of rotatable bonds is 3. The summed E-state index contributed by atoms with van der Waals surface area (Å²) < 4.78 is 13.0. The topological polar surface area (TPSA) is 49.0 Å². The van der Waals surface area contributed by atoms with Gasteiger partial charge in [-0.1, -0.05) is 18.2 Å². The summed E-state index contributed by atoms with van der Waals surface area (Å²) in [6.07, 6.45) is 6.99. The minimum absolute atomic E-state index is 0.0718. The second-order valence-corrected chi connectivity index (χ2v) is 6.22. The van der Waals surface area contributed by atoms with E-state index in [1.807, 2.05) is 17.2 Å². The SMILES string of the molecule is O=C(Cc1ccc(F)cc1)N1CC=C(c2c[nH]c3ncccc23)CC1. The minimum Gasteiger partial charge on any atom is -0.346 e. The summed E-state index contributed by atoms with van der Waals surface area (Å²) in [7, 11) is 0. The molecule has 1 aliphatic rings. The molecule has 0 saturated carbocycles. The number of nitrogens with zero attached hydrogens (tertiary/aromatic N) is 2. The van der Waals surface area contributed by atoms with E-state index in [0.29, 0.717) is 19.5 Å². The van der Waals surface area contributed by atoms with Crippen LogP contribution in [0, 0.1) is 5.82 Å². The number of pyridine rings is 1. The number of hydrogen-bond donors (Lipinski definition) is 1. The van der Waals surface area contributed by atoms with Crippen molar-refractivity contribution in [3.63, 3.8) is 0 Å². The zero-order valence-corrected chi connectivity index (χ0v) is 13.7. The Morgan fingerprint density at radius 2 is 2.08 bits per heavy atom. The molecule has 0 fully saturated rings. The van der Waals surface area contributed by atoms with Gasteiger partial charge in [0.15, 0.2) is 0 Å². The largest absolute Gasteiger partial charge is 0.346 e. The van der Waals surface area contributed by atoms with Crippen molar-refractivity contribution in [2.24, 2.45) is 0 Å². The highest BCUT2D eigenvalue weighted by Crippen LogP contribution is 2.28. The van der Waals surface area contributed by atoms with Gasteiger partial charge in [-0.25, -0.2) is 9.37 Å². The first-order chi connectivity index (χ1) is 12.2. The minimum atomic E-state index is -0.282. The van der Waals surface area contributed by atoms with Crippen molar-refractivity contribution < 1.29 is 9.18 Å². The zero-order valence-electron chi connectivity index (χ0n) is 13.7. The number of carbonyl (C=O) groups is 1. The van der Waals surface area contributed by atoms with Gasteiger partial charge < -0.3 is 9.88 Å². The lowest BCUT2D eigenvalue weighted by molar-refractivity contribution is -0.130. The van der Waals surface area contributed by atoms with Gasteiger partial charge in [0.05, 0.1) is 6.42 Å². The maximum absolute atomic E-state index is 13.0. The van der Waals surface area contributed by atoms with Gasteiger partial charge in [0.25, 0.3) is 0 Å². The Bertz CT molecular complexity index is 943. The number of carbonyl (C=O) groups excluding carboxylic acids is 1. The first-order valence-corrected chi connectivity index (χ1v) is 8.34. The molecule has 0 spiro atoms. The summed E-state index contributed by atoms with van der Waals surface area (Å²) in [5, 5.41) is 1.11. The molecular weight excluding hydrogens is 317 g/mol. The van der Waals surface area contributed by atoms with Gasteiger partial charge in [-0.3, -0.25) is 4.79 Å². The van der Waals surface area contributed by atoms with Crippen LogP contribution in [-0.2, 0) is 11.2 Å². The number of nitrogens with one attached hydrogen (secondary N) is 1. The maximum Gasteiger partial charge on any atom is 0.227 e. The molecule has 0 radical (unpaired) electrons. The molecule has 4 rings (SSSR count). The monoisotopic (exact) mass is 335 g/mol. The van der Waals surface area contributed by atoms with Crippen molar-refractivity contribution >= 4 is 22.5 Å². The van der Waals surface area contributed by atoms with Crippen LogP contribution in [0.5, 0.6) is 0 Å². The predicted octanol–water partition coefficient (Wildman–Crippen LogP) is 3.56. The molecule has 2 aromatic heterocycles. The Morgan fingerprint density at radius 1 is 1.24 bits per heavy atom. The van der Waals surface area contributed by atoms with Crippen molar-refractivity contribution in [1.82, 2.24) is 14.9 Å². The molecule has 3 aromatic rings. The molecule has 3 heterocycles. The first kappa shape index (κ1) is 15.6. The molecule has 0 saturated heterocycles. The van der Waals surface area contributed by atoms with E-state index in [4.69, 9.17) is 0 Å². The normalized spacial score (nSPS) is 14.6. The molecular formula is C20H18FN3O. The van der Waals surface area contributed by atoms with Crippen molar-refractivity contribution in [1.29, 1.82) is 0 Å². The summed E-state index contributed by atoms with van der Waals surface area (Å²) in [5.74, 6) is -0.211. The number of fused-ring (bicyclic) bond motifs is 1. The zero-order chi connectivity index (χ0) is 17.2. The van der Waals surface area contributed by atoms with E-state index in [9.17, 15) is 9.18 Å². The van der Waals surface area contributed by atoms with E-state index in [0.717, 1.165) is 28.6 Å². The second kappa shape index (κ2) is 6.51. The average Bonchev–Trinajstić information content (AvgIpc) is 3.08. The van der Waals surface area contributed by atoms with Crippen LogP contribution in [0.15, 0.2) is 54.9 Å². The van der Waals surface area contributed by atoms with Crippen molar-refractivity contribution in [3.05, 3.63) is 71.8 Å². The molecule has 25 heavy (non-hydrogen) atoms. The van der Waals surface area contributed by atoms with E-state index >= 15 is 0 Å². The fourth-order valence-corrected chi connectivity index (χ4v) is 3.25. The molecule has 0 bridgehead atoms. The van der Waals surface area contributed by atoms with Gasteiger partial charge in [0.2, 0.25) is 5.91 Å².